The first-order valence-corrected chi connectivity index (χ1v) is 8.70. The molecule has 2 fully saturated rings. The number of rotatable bonds is 1. The molecule has 0 bridgehead atoms. The van der Waals surface area contributed by atoms with E-state index >= 15 is 0 Å². The Morgan fingerprint density at radius 3 is 2.95 bits per heavy atom. The summed E-state index contributed by atoms with van der Waals surface area (Å²) in [6.45, 7) is 6.79. The van der Waals surface area contributed by atoms with E-state index in [0.717, 1.165) is 17.8 Å². The van der Waals surface area contributed by atoms with Crippen molar-refractivity contribution in [3.63, 3.8) is 0 Å². The highest BCUT2D eigenvalue weighted by Crippen LogP contribution is 2.64. The van der Waals surface area contributed by atoms with Gasteiger partial charge in [-0.1, -0.05) is 37.6 Å². The van der Waals surface area contributed by atoms with Crippen LogP contribution in [0.15, 0.2) is 36.5 Å². The Morgan fingerprint density at radius 2 is 2.10 bits per heavy atom. The standard InChI is InChI=1S/C20H28/c1-3-20-13-6-8-18(20)16-10-9-15-7-4-5-12-19(15,2)17(16)11-14-20/h3-4,7,9,16-18H,1,5-6,8,10-14H2,2H3/t16-,17+,18+,19+,20+/m1/s1. The van der Waals surface area contributed by atoms with Gasteiger partial charge in [0.05, 0.1) is 0 Å². The lowest BCUT2D eigenvalue weighted by Gasteiger charge is -2.56. The minimum absolute atomic E-state index is 0.480. The highest BCUT2D eigenvalue weighted by Gasteiger charge is 2.55. The fraction of sp³-hybridized carbons (Fsp3) is 0.700. The molecule has 0 heteroatoms. The zero-order chi connectivity index (χ0) is 13.8. The summed E-state index contributed by atoms with van der Waals surface area (Å²) in [7, 11) is 0. The third-order valence-corrected chi connectivity index (χ3v) is 7.47. The van der Waals surface area contributed by atoms with Crippen molar-refractivity contribution < 1.29 is 0 Å². The molecule has 0 saturated heterocycles. The van der Waals surface area contributed by atoms with Crippen LogP contribution in [-0.2, 0) is 0 Å². The summed E-state index contributed by atoms with van der Waals surface area (Å²) in [6.07, 6.45) is 20.9. The molecule has 0 aromatic rings. The molecule has 20 heavy (non-hydrogen) atoms. The van der Waals surface area contributed by atoms with E-state index in [1.165, 1.54) is 51.4 Å². The Hall–Kier alpha value is -0.780. The van der Waals surface area contributed by atoms with E-state index in [0.29, 0.717) is 10.8 Å². The minimum atomic E-state index is 0.480. The van der Waals surface area contributed by atoms with Crippen molar-refractivity contribution in [1.29, 1.82) is 0 Å². The molecule has 0 unspecified atom stereocenters. The van der Waals surface area contributed by atoms with Crippen LogP contribution in [0.1, 0.15) is 58.3 Å². The van der Waals surface area contributed by atoms with Crippen LogP contribution in [0.5, 0.6) is 0 Å². The summed E-state index contributed by atoms with van der Waals surface area (Å²) in [5.41, 5.74) is 2.65. The fourth-order valence-corrected chi connectivity index (χ4v) is 6.36. The first-order chi connectivity index (χ1) is 9.70. The fourth-order valence-electron chi connectivity index (χ4n) is 6.36. The topological polar surface area (TPSA) is 0 Å². The Labute approximate surface area is 124 Å². The van der Waals surface area contributed by atoms with Gasteiger partial charge in [-0.15, -0.1) is 6.58 Å². The van der Waals surface area contributed by atoms with Crippen LogP contribution in [-0.4, -0.2) is 0 Å². The molecular weight excluding hydrogens is 240 g/mol. The first kappa shape index (κ1) is 12.9. The predicted molar refractivity (Wildman–Crippen MR) is 85.4 cm³/mol. The van der Waals surface area contributed by atoms with E-state index < -0.39 is 0 Å². The van der Waals surface area contributed by atoms with Crippen LogP contribution in [0, 0.1) is 28.6 Å². The zero-order valence-corrected chi connectivity index (χ0v) is 12.9. The van der Waals surface area contributed by atoms with Crippen molar-refractivity contribution in [3.8, 4) is 0 Å². The van der Waals surface area contributed by atoms with E-state index in [4.69, 9.17) is 0 Å². The van der Waals surface area contributed by atoms with Crippen molar-refractivity contribution in [3.05, 3.63) is 36.5 Å². The van der Waals surface area contributed by atoms with Gasteiger partial charge in [0, 0.05) is 0 Å². The molecule has 0 amide bonds. The number of fused-ring (bicyclic) bond motifs is 5. The summed E-state index contributed by atoms with van der Waals surface area (Å²) in [5.74, 6) is 2.80. The van der Waals surface area contributed by atoms with E-state index in [-0.39, 0.29) is 0 Å². The third kappa shape index (κ3) is 1.54. The highest BCUT2D eigenvalue weighted by atomic mass is 14.6. The van der Waals surface area contributed by atoms with Crippen molar-refractivity contribution in [2.45, 2.75) is 58.3 Å². The molecule has 0 heterocycles. The van der Waals surface area contributed by atoms with E-state index in [1.807, 2.05) is 0 Å². The zero-order valence-electron chi connectivity index (χ0n) is 12.9. The van der Waals surface area contributed by atoms with Gasteiger partial charge in [-0.2, -0.15) is 0 Å². The minimum Gasteiger partial charge on any atom is -0.103 e. The SMILES string of the molecule is C=C[C@@]12CCC[C@H]1[C@@H]1CC=C3C=CCC[C@]3(C)[C@H]1CC2. The van der Waals surface area contributed by atoms with Crippen LogP contribution >= 0.6 is 0 Å². The number of hydrogen-bond acceptors (Lipinski definition) is 0. The number of allylic oxidation sites excluding steroid dienone is 5. The van der Waals surface area contributed by atoms with E-state index in [1.54, 1.807) is 5.57 Å². The van der Waals surface area contributed by atoms with Gasteiger partial charge in [-0.05, 0) is 79.1 Å². The molecule has 4 aliphatic carbocycles. The molecule has 0 N–H and O–H groups in total. The van der Waals surface area contributed by atoms with Crippen LogP contribution in [0.4, 0.5) is 0 Å². The van der Waals surface area contributed by atoms with Gasteiger partial charge in [0.25, 0.3) is 0 Å². The normalized spacial score (nSPS) is 49.9. The van der Waals surface area contributed by atoms with Crippen molar-refractivity contribution in [2.24, 2.45) is 28.6 Å². The molecular formula is C20H28. The summed E-state index contributed by atoms with van der Waals surface area (Å²) < 4.78 is 0. The Balaban J connectivity index is 1.73. The molecule has 5 atom stereocenters. The lowest BCUT2D eigenvalue weighted by atomic mass is 9.48. The van der Waals surface area contributed by atoms with Crippen LogP contribution < -0.4 is 0 Å². The molecule has 0 aromatic carbocycles. The molecule has 4 rings (SSSR count). The molecule has 0 aromatic heterocycles. The predicted octanol–water partition coefficient (Wildman–Crippen LogP) is 5.67. The van der Waals surface area contributed by atoms with Crippen LogP contribution in [0.25, 0.3) is 0 Å². The molecule has 2 saturated carbocycles. The maximum atomic E-state index is 4.23. The number of hydrogen-bond donors (Lipinski definition) is 0. The van der Waals surface area contributed by atoms with Crippen LogP contribution in [0.3, 0.4) is 0 Å². The highest BCUT2D eigenvalue weighted by molar-refractivity contribution is 5.34. The lowest BCUT2D eigenvalue weighted by molar-refractivity contribution is -0.00459. The van der Waals surface area contributed by atoms with E-state index in [2.05, 4.69) is 37.8 Å². The molecule has 0 aliphatic heterocycles. The van der Waals surface area contributed by atoms with Gasteiger partial charge in [0.1, 0.15) is 0 Å². The van der Waals surface area contributed by atoms with Gasteiger partial charge in [-0.3, -0.25) is 0 Å². The Morgan fingerprint density at radius 1 is 1.20 bits per heavy atom. The summed E-state index contributed by atoms with van der Waals surface area (Å²) in [4.78, 5) is 0. The smallest absolute Gasteiger partial charge is 0.00445 e. The lowest BCUT2D eigenvalue weighted by Crippen LogP contribution is -2.47. The summed E-state index contributed by atoms with van der Waals surface area (Å²) in [5, 5.41) is 0. The van der Waals surface area contributed by atoms with E-state index in [9.17, 15) is 0 Å². The van der Waals surface area contributed by atoms with Crippen molar-refractivity contribution in [1.82, 2.24) is 0 Å². The Kier molecular flexibility index (Phi) is 2.81. The third-order valence-electron chi connectivity index (χ3n) is 7.47. The largest absolute Gasteiger partial charge is 0.103 e. The molecule has 0 spiro atoms. The molecule has 0 radical (unpaired) electrons. The summed E-state index contributed by atoms with van der Waals surface area (Å²) in [6, 6.07) is 0. The maximum absolute atomic E-state index is 4.23. The molecule has 108 valence electrons. The van der Waals surface area contributed by atoms with Crippen molar-refractivity contribution >= 4 is 0 Å². The van der Waals surface area contributed by atoms with Gasteiger partial charge in [0.15, 0.2) is 0 Å². The average molecular weight is 268 g/mol. The monoisotopic (exact) mass is 268 g/mol. The quantitative estimate of drug-likeness (QED) is 0.537. The summed E-state index contributed by atoms with van der Waals surface area (Å²) >= 11 is 0. The molecule has 0 nitrogen and oxygen atoms in total. The maximum Gasteiger partial charge on any atom is -0.00445 e. The van der Waals surface area contributed by atoms with Gasteiger partial charge >= 0.3 is 0 Å². The van der Waals surface area contributed by atoms with Crippen molar-refractivity contribution in [2.75, 3.05) is 0 Å². The Bertz CT molecular complexity index is 482. The second-order valence-corrected chi connectivity index (χ2v) is 8.00. The van der Waals surface area contributed by atoms with Gasteiger partial charge < -0.3 is 0 Å². The van der Waals surface area contributed by atoms with Gasteiger partial charge in [0.2, 0.25) is 0 Å². The first-order valence-electron chi connectivity index (χ1n) is 8.70. The second kappa shape index (κ2) is 4.36. The molecule has 4 aliphatic rings. The van der Waals surface area contributed by atoms with Gasteiger partial charge in [-0.25, -0.2) is 0 Å². The second-order valence-electron chi connectivity index (χ2n) is 8.00. The van der Waals surface area contributed by atoms with Crippen LogP contribution in [0.2, 0.25) is 0 Å². The average Bonchev–Trinajstić information content (AvgIpc) is 2.91.